The first-order chi connectivity index (χ1) is 17.4. The third kappa shape index (κ3) is 6.82. The van der Waals surface area contributed by atoms with Gasteiger partial charge in [0, 0.05) is 0 Å². The number of aryl methyl sites for hydroxylation is 1. The molecule has 1 saturated heterocycles. The third-order valence-electron chi connectivity index (χ3n) is 5.12. The number of amidine groups is 1. The molecule has 4 rings (SSSR count). The lowest BCUT2D eigenvalue weighted by Gasteiger charge is -2.15. The zero-order chi connectivity index (χ0) is 25.5. The van der Waals surface area contributed by atoms with Gasteiger partial charge in [-0.05, 0) is 109 Å². The van der Waals surface area contributed by atoms with Crippen molar-refractivity contribution < 1.29 is 19.0 Å². The molecule has 0 saturated carbocycles. The van der Waals surface area contributed by atoms with E-state index in [1.807, 2.05) is 68.5 Å². The van der Waals surface area contributed by atoms with E-state index in [-0.39, 0.29) is 5.91 Å². The summed E-state index contributed by atoms with van der Waals surface area (Å²) in [4.78, 5) is 17.7. The molecule has 0 aromatic heterocycles. The van der Waals surface area contributed by atoms with Crippen molar-refractivity contribution in [3.63, 3.8) is 0 Å². The smallest absolute Gasteiger partial charge is 0.264 e. The number of hydrogen-bond donors (Lipinski definition) is 1. The number of rotatable bonds is 9. The highest BCUT2D eigenvalue weighted by molar-refractivity contribution is 14.1. The van der Waals surface area contributed by atoms with E-state index >= 15 is 0 Å². The number of thioether (sulfide) groups is 1. The van der Waals surface area contributed by atoms with Crippen LogP contribution in [-0.2, 0) is 11.4 Å². The van der Waals surface area contributed by atoms with Crippen molar-refractivity contribution in [2.24, 2.45) is 4.99 Å². The van der Waals surface area contributed by atoms with Gasteiger partial charge in [0.15, 0.2) is 16.7 Å². The Morgan fingerprint density at radius 2 is 1.78 bits per heavy atom. The Balaban J connectivity index is 1.52. The summed E-state index contributed by atoms with van der Waals surface area (Å²) in [6.45, 7) is 7.50. The van der Waals surface area contributed by atoms with Gasteiger partial charge in [0.2, 0.25) is 0 Å². The lowest BCUT2D eigenvalue weighted by atomic mass is 10.1. The Kier molecular flexibility index (Phi) is 8.93. The fraction of sp³-hybridized carbons (Fsp3) is 0.214. The summed E-state index contributed by atoms with van der Waals surface area (Å²) in [6.07, 6.45) is 1.84. The van der Waals surface area contributed by atoms with Crippen LogP contribution in [0.2, 0.25) is 0 Å². The highest BCUT2D eigenvalue weighted by atomic mass is 127. The molecule has 0 bridgehead atoms. The van der Waals surface area contributed by atoms with E-state index in [1.165, 1.54) is 17.3 Å². The summed E-state index contributed by atoms with van der Waals surface area (Å²) in [5.41, 5.74) is 3.88. The summed E-state index contributed by atoms with van der Waals surface area (Å²) >= 11 is 3.55. The lowest BCUT2D eigenvalue weighted by Crippen LogP contribution is -2.19. The average molecular weight is 615 g/mol. The molecule has 6 nitrogen and oxygen atoms in total. The van der Waals surface area contributed by atoms with E-state index in [2.05, 4.69) is 52.0 Å². The molecule has 1 fully saturated rings. The van der Waals surface area contributed by atoms with Gasteiger partial charge in [0.25, 0.3) is 5.91 Å². The van der Waals surface area contributed by atoms with Crippen molar-refractivity contribution >= 4 is 57.2 Å². The molecule has 186 valence electrons. The standard InChI is InChI=1S/C28H27IN2O4S/c1-4-33-22-11-9-21(10-12-22)30-28-31-27(32)25(36-28)16-20-14-23(29)26(24(15-20)34-5-2)35-17-19-8-6-7-18(3)13-19/h6-16H,4-5,17H2,1-3H3,(H,30,31,32)/b25-16+. The van der Waals surface area contributed by atoms with Crippen LogP contribution in [0.4, 0.5) is 5.69 Å². The Morgan fingerprint density at radius 1 is 1.00 bits per heavy atom. The number of carbonyl (C=O) groups excluding carboxylic acids is 1. The number of halogens is 1. The Morgan fingerprint density at radius 3 is 2.50 bits per heavy atom. The van der Waals surface area contributed by atoms with E-state index in [0.717, 1.165) is 26.1 Å². The molecule has 8 heteroatoms. The number of aliphatic imine (C=N–C) groups is 1. The van der Waals surface area contributed by atoms with Crippen molar-refractivity contribution in [2.75, 3.05) is 13.2 Å². The number of carbonyl (C=O) groups is 1. The fourth-order valence-electron chi connectivity index (χ4n) is 3.56. The quantitative estimate of drug-likeness (QED) is 0.211. The molecule has 1 aliphatic rings. The van der Waals surface area contributed by atoms with Gasteiger partial charge in [0.1, 0.15) is 12.4 Å². The molecule has 3 aromatic carbocycles. The van der Waals surface area contributed by atoms with E-state index in [1.54, 1.807) is 0 Å². The van der Waals surface area contributed by atoms with Gasteiger partial charge in [-0.15, -0.1) is 0 Å². The van der Waals surface area contributed by atoms with E-state index in [4.69, 9.17) is 14.2 Å². The fourth-order valence-corrected chi connectivity index (χ4v) is 5.19. The summed E-state index contributed by atoms with van der Waals surface area (Å²) in [6, 6.07) is 19.6. The largest absolute Gasteiger partial charge is 0.494 e. The number of nitrogens with zero attached hydrogens (tertiary/aromatic N) is 1. The van der Waals surface area contributed by atoms with Crippen LogP contribution in [-0.4, -0.2) is 24.3 Å². The molecule has 1 N–H and O–H groups in total. The first-order valence-corrected chi connectivity index (χ1v) is 13.5. The second kappa shape index (κ2) is 12.3. The number of nitrogens with one attached hydrogen (secondary N) is 1. The van der Waals surface area contributed by atoms with Crippen LogP contribution in [0.3, 0.4) is 0 Å². The summed E-state index contributed by atoms with van der Waals surface area (Å²) < 4.78 is 18.4. The molecule has 0 unspecified atom stereocenters. The van der Waals surface area contributed by atoms with E-state index in [9.17, 15) is 4.79 Å². The Hall–Kier alpha value is -2.98. The van der Waals surface area contributed by atoms with Gasteiger partial charge < -0.3 is 19.5 Å². The Bertz CT molecular complexity index is 1310. The predicted molar refractivity (Wildman–Crippen MR) is 154 cm³/mol. The van der Waals surface area contributed by atoms with Crippen LogP contribution in [0.25, 0.3) is 6.08 Å². The minimum Gasteiger partial charge on any atom is -0.494 e. The van der Waals surface area contributed by atoms with Gasteiger partial charge in [-0.1, -0.05) is 29.8 Å². The highest BCUT2D eigenvalue weighted by Crippen LogP contribution is 2.37. The number of benzene rings is 3. The zero-order valence-corrected chi connectivity index (χ0v) is 23.3. The maximum absolute atomic E-state index is 12.6. The molecule has 0 aliphatic carbocycles. The average Bonchev–Trinajstić information content (AvgIpc) is 3.18. The third-order valence-corrected chi connectivity index (χ3v) is 6.84. The van der Waals surface area contributed by atoms with Crippen LogP contribution < -0.4 is 19.5 Å². The topological polar surface area (TPSA) is 69.2 Å². The van der Waals surface area contributed by atoms with Gasteiger partial charge in [-0.2, -0.15) is 0 Å². The molecule has 3 aromatic rings. The minimum atomic E-state index is -0.183. The van der Waals surface area contributed by atoms with Crippen LogP contribution in [0.5, 0.6) is 17.2 Å². The van der Waals surface area contributed by atoms with Crippen molar-refractivity contribution in [2.45, 2.75) is 27.4 Å². The molecule has 36 heavy (non-hydrogen) atoms. The summed E-state index contributed by atoms with van der Waals surface area (Å²) in [7, 11) is 0. The molecule has 0 radical (unpaired) electrons. The molecule has 1 amide bonds. The maximum Gasteiger partial charge on any atom is 0.264 e. The SMILES string of the molecule is CCOc1ccc(N=C2NC(=O)/C(=C\c3cc(I)c(OCc4cccc(C)c4)c(OCC)c3)S2)cc1. The monoisotopic (exact) mass is 614 g/mol. The van der Waals surface area contributed by atoms with Crippen LogP contribution in [0.1, 0.15) is 30.5 Å². The predicted octanol–water partition coefficient (Wildman–Crippen LogP) is 6.87. The van der Waals surface area contributed by atoms with Crippen LogP contribution in [0.15, 0.2) is 70.6 Å². The van der Waals surface area contributed by atoms with Crippen LogP contribution in [0, 0.1) is 10.5 Å². The molecule has 1 aliphatic heterocycles. The van der Waals surface area contributed by atoms with Gasteiger partial charge in [-0.25, -0.2) is 4.99 Å². The maximum atomic E-state index is 12.6. The van der Waals surface area contributed by atoms with E-state index in [0.29, 0.717) is 41.4 Å². The normalized spacial score (nSPS) is 15.3. The van der Waals surface area contributed by atoms with E-state index < -0.39 is 0 Å². The number of amides is 1. The van der Waals surface area contributed by atoms with Crippen molar-refractivity contribution in [1.82, 2.24) is 5.32 Å². The van der Waals surface area contributed by atoms with Gasteiger partial charge in [0.05, 0.1) is 27.4 Å². The molecular weight excluding hydrogens is 587 g/mol. The van der Waals surface area contributed by atoms with Crippen molar-refractivity contribution in [1.29, 1.82) is 0 Å². The lowest BCUT2D eigenvalue weighted by molar-refractivity contribution is -0.115. The second-order valence-corrected chi connectivity index (χ2v) is 10.1. The molecule has 1 heterocycles. The minimum absolute atomic E-state index is 0.183. The summed E-state index contributed by atoms with van der Waals surface area (Å²) in [5.74, 6) is 1.95. The first kappa shape index (κ1) is 26.1. The second-order valence-electron chi connectivity index (χ2n) is 7.95. The Labute approximate surface area is 229 Å². The molecule has 0 spiro atoms. The van der Waals surface area contributed by atoms with Crippen LogP contribution >= 0.6 is 34.4 Å². The van der Waals surface area contributed by atoms with Gasteiger partial charge in [-0.3, -0.25) is 4.79 Å². The zero-order valence-electron chi connectivity index (χ0n) is 20.3. The molecule has 0 atom stereocenters. The number of hydrogen-bond acceptors (Lipinski definition) is 6. The van der Waals surface area contributed by atoms with Crippen molar-refractivity contribution in [3.05, 3.63) is 85.8 Å². The highest BCUT2D eigenvalue weighted by Gasteiger charge is 2.24. The van der Waals surface area contributed by atoms with Gasteiger partial charge >= 0.3 is 0 Å². The van der Waals surface area contributed by atoms with Crippen molar-refractivity contribution in [3.8, 4) is 17.2 Å². The number of ether oxygens (including phenoxy) is 3. The first-order valence-electron chi connectivity index (χ1n) is 11.6. The summed E-state index contributed by atoms with van der Waals surface area (Å²) in [5, 5.41) is 3.37. The molecular formula is C28H27IN2O4S.